The second-order valence-electron chi connectivity index (χ2n) is 6.22. The number of amides is 1. The van der Waals surface area contributed by atoms with Gasteiger partial charge in [0.15, 0.2) is 6.04 Å². The molecule has 2 N–H and O–H groups in total. The molecule has 128 valence electrons. The lowest BCUT2D eigenvalue weighted by Crippen LogP contribution is -2.46. The van der Waals surface area contributed by atoms with E-state index >= 15 is 0 Å². The van der Waals surface area contributed by atoms with Crippen LogP contribution in [0.4, 0.5) is 0 Å². The molecule has 1 aromatic rings. The number of pyridine rings is 1. The van der Waals surface area contributed by atoms with Crippen LogP contribution >= 0.6 is 0 Å². The van der Waals surface area contributed by atoms with Crippen molar-refractivity contribution in [2.75, 3.05) is 6.61 Å². The molecule has 0 fully saturated rings. The Hall–Kier alpha value is -1.95. The Morgan fingerprint density at radius 3 is 2.61 bits per heavy atom. The van der Waals surface area contributed by atoms with Gasteiger partial charge in [0.05, 0.1) is 6.61 Å². The second kappa shape index (κ2) is 8.62. The molecule has 6 nitrogen and oxygen atoms in total. The molecule has 0 saturated carbocycles. The summed E-state index contributed by atoms with van der Waals surface area (Å²) >= 11 is 0. The van der Waals surface area contributed by atoms with E-state index in [4.69, 9.17) is 4.74 Å². The fraction of sp³-hybridized carbons (Fsp3) is 0.588. The monoisotopic (exact) mass is 322 g/mol. The summed E-state index contributed by atoms with van der Waals surface area (Å²) in [6, 6.07) is 2.15. The minimum atomic E-state index is -1.21. The lowest BCUT2D eigenvalue weighted by atomic mass is 9.86. The molecular formula is C17H26N2O4. The Balaban J connectivity index is 2.89. The van der Waals surface area contributed by atoms with Crippen molar-refractivity contribution in [3.63, 3.8) is 0 Å². The number of aliphatic hydroxyl groups is 1. The van der Waals surface area contributed by atoms with Crippen molar-refractivity contribution < 1.29 is 19.4 Å². The summed E-state index contributed by atoms with van der Waals surface area (Å²) < 4.78 is 4.97. The van der Waals surface area contributed by atoms with Crippen LogP contribution in [0.15, 0.2) is 24.5 Å². The largest absolute Gasteiger partial charge is 0.464 e. The summed E-state index contributed by atoms with van der Waals surface area (Å²) in [5.74, 6) is -0.954. The fourth-order valence-corrected chi connectivity index (χ4v) is 2.03. The molecule has 0 bridgehead atoms. The highest BCUT2D eigenvalue weighted by Gasteiger charge is 2.32. The highest BCUT2D eigenvalue weighted by atomic mass is 16.5. The summed E-state index contributed by atoms with van der Waals surface area (Å²) in [4.78, 5) is 28.3. The standard InChI is InChI=1S/C17H26N2O4/c1-5-17(3,4)10-13(20)19-14(16(22)23-6-2)15(21)12-8-7-9-18-11-12/h7-9,11,14-15,21H,5-6,10H2,1-4H3,(H,19,20)/t14-,15+/m0/s1. The number of hydrogen-bond acceptors (Lipinski definition) is 5. The van der Waals surface area contributed by atoms with Crippen molar-refractivity contribution in [2.45, 2.75) is 52.7 Å². The van der Waals surface area contributed by atoms with E-state index in [1.54, 1.807) is 25.3 Å². The molecule has 1 amide bonds. The third kappa shape index (κ3) is 5.98. The Kier molecular flexibility index (Phi) is 7.16. The van der Waals surface area contributed by atoms with Gasteiger partial charge in [-0.1, -0.05) is 33.3 Å². The van der Waals surface area contributed by atoms with E-state index in [-0.39, 0.29) is 24.3 Å². The van der Waals surface area contributed by atoms with Crippen molar-refractivity contribution in [3.05, 3.63) is 30.1 Å². The average Bonchev–Trinajstić information content (AvgIpc) is 2.52. The van der Waals surface area contributed by atoms with Crippen LogP contribution in [0, 0.1) is 5.41 Å². The molecule has 1 heterocycles. The summed E-state index contributed by atoms with van der Waals surface area (Å²) in [6.45, 7) is 7.80. The van der Waals surface area contributed by atoms with E-state index in [1.807, 2.05) is 20.8 Å². The van der Waals surface area contributed by atoms with Gasteiger partial charge < -0.3 is 15.2 Å². The molecule has 0 aliphatic carbocycles. The third-order valence-corrected chi connectivity index (χ3v) is 3.79. The van der Waals surface area contributed by atoms with E-state index in [0.29, 0.717) is 5.56 Å². The van der Waals surface area contributed by atoms with Crippen LogP contribution in [0.1, 0.15) is 52.2 Å². The van der Waals surface area contributed by atoms with Crippen LogP contribution in [0.5, 0.6) is 0 Å². The molecule has 1 aromatic heterocycles. The normalized spacial score (nSPS) is 14.0. The molecule has 0 aliphatic rings. The lowest BCUT2D eigenvalue weighted by molar-refractivity contribution is -0.151. The van der Waals surface area contributed by atoms with Crippen molar-refractivity contribution in [3.8, 4) is 0 Å². The maximum absolute atomic E-state index is 12.2. The van der Waals surface area contributed by atoms with Gasteiger partial charge in [-0.3, -0.25) is 9.78 Å². The van der Waals surface area contributed by atoms with Gasteiger partial charge in [-0.25, -0.2) is 4.79 Å². The molecule has 0 unspecified atom stereocenters. The van der Waals surface area contributed by atoms with Crippen molar-refractivity contribution >= 4 is 11.9 Å². The maximum atomic E-state index is 12.2. The highest BCUT2D eigenvalue weighted by Crippen LogP contribution is 2.25. The topological polar surface area (TPSA) is 88.5 Å². The molecule has 1 rings (SSSR count). The summed E-state index contributed by atoms with van der Waals surface area (Å²) in [5, 5.41) is 13.0. The Morgan fingerprint density at radius 2 is 2.09 bits per heavy atom. The summed E-state index contributed by atoms with van der Waals surface area (Å²) in [7, 11) is 0. The number of esters is 1. The first kappa shape index (κ1) is 19.1. The van der Waals surface area contributed by atoms with Gasteiger partial charge in [0, 0.05) is 24.4 Å². The minimum absolute atomic E-state index is 0.172. The number of aliphatic hydroxyl groups excluding tert-OH is 1. The Bertz CT molecular complexity index is 517. The van der Waals surface area contributed by atoms with Gasteiger partial charge in [0.2, 0.25) is 5.91 Å². The Labute approximate surface area is 137 Å². The lowest BCUT2D eigenvalue weighted by Gasteiger charge is -2.26. The quantitative estimate of drug-likeness (QED) is 0.715. The van der Waals surface area contributed by atoms with Crippen LogP contribution in [-0.2, 0) is 14.3 Å². The molecular weight excluding hydrogens is 296 g/mol. The van der Waals surface area contributed by atoms with E-state index in [2.05, 4.69) is 10.3 Å². The molecule has 0 spiro atoms. The van der Waals surface area contributed by atoms with Gasteiger partial charge >= 0.3 is 5.97 Å². The number of carbonyl (C=O) groups excluding carboxylic acids is 2. The molecule has 6 heteroatoms. The van der Waals surface area contributed by atoms with Crippen LogP contribution in [-0.4, -0.2) is 34.6 Å². The molecule has 0 radical (unpaired) electrons. The van der Waals surface area contributed by atoms with E-state index in [9.17, 15) is 14.7 Å². The van der Waals surface area contributed by atoms with E-state index < -0.39 is 18.1 Å². The van der Waals surface area contributed by atoms with Crippen LogP contribution in [0.2, 0.25) is 0 Å². The first-order chi connectivity index (χ1) is 10.8. The molecule has 23 heavy (non-hydrogen) atoms. The van der Waals surface area contributed by atoms with Crippen LogP contribution < -0.4 is 5.32 Å². The van der Waals surface area contributed by atoms with Crippen molar-refractivity contribution in [1.82, 2.24) is 10.3 Å². The predicted octanol–water partition coefficient (Wildman–Crippen LogP) is 1.99. The zero-order chi connectivity index (χ0) is 17.5. The van der Waals surface area contributed by atoms with Gasteiger partial charge in [-0.2, -0.15) is 0 Å². The SMILES string of the molecule is CCOC(=O)[C@@H](NC(=O)CC(C)(C)CC)[C@H](O)c1cccnc1. The smallest absolute Gasteiger partial charge is 0.331 e. The number of nitrogens with zero attached hydrogens (tertiary/aromatic N) is 1. The first-order valence-corrected chi connectivity index (χ1v) is 7.84. The van der Waals surface area contributed by atoms with Crippen molar-refractivity contribution in [1.29, 1.82) is 0 Å². The van der Waals surface area contributed by atoms with Gasteiger partial charge in [0.1, 0.15) is 6.10 Å². The van der Waals surface area contributed by atoms with Crippen molar-refractivity contribution in [2.24, 2.45) is 5.41 Å². The maximum Gasteiger partial charge on any atom is 0.331 e. The molecule has 0 saturated heterocycles. The summed E-state index contributed by atoms with van der Waals surface area (Å²) in [5.41, 5.74) is 0.267. The first-order valence-electron chi connectivity index (χ1n) is 7.84. The predicted molar refractivity (Wildman–Crippen MR) is 86.4 cm³/mol. The van der Waals surface area contributed by atoms with Gasteiger partial charge in [0.25, 0.3) is 0 Å². The zero-order valence-electron chi connectivity index (χ0n) is 14.2. The number of rotatable bonds is 8. The van der Waals surface area contributed by atoms with Crippen LogP contribution in [0.3, 0.4) is 0 Å². The zero-order valence-corrected chi connectivity index (χ0v) is 14.2. The second-order valence-corrected chi connectivity index (χ2v) is 6.22. The van der Waals surface area contributed by atoms with E-state index in [0.717, 1.165) is 6.42 Å². The Morgan fingerprint density at radius 1 is 1.39 bits per heavy atom. The minimum Gasteiger partial charge on any atom is -0.464 e. The van der Waals surface area contributed by atoms with Gasteiger partial charge in [-0.05, 0) is 18.4 Å². The fourth-order valence-electron chi connectivity index (χ4n) is 2.03. The summed E-state index contributed by atoms with van der Waals surface area (Å²) in [6.07, 6.45) is 2.91. The van der Waals surface area contributed by atoms with Gasteiger partial charge in [-0.15, -0.1) is 0 Å². The average molecular weight is 322 g/mol. The number of hydrogen-bond donors (Lipinski definition) is 2. The highest BCUT2D eigenvalue weighted by molar-refractivity contribution is 5.85. The number of nitrogens with one attached hydrogen (secondary N) is 1. The van der Waals surface area contributed by atoms with Crippen LogP contribution in [0.25, 0.3) is 0 Å². The molecule has 0 aromatic carbocycles. The van der Waals surface area contributed by atoms with E-state index in [1.165, 1.54) is 6.20 Å². The number of aromatic nitrogens is 1. The number of carbonyl (C=O) groups is 2. The molecule has 2 atom stereocenters. The third-order valence-electron chi connectivity index (χ3n) is 3.79. The number of ether oxygens (including phenoxy) is 1. The molecule has 0 aliphatic heterocycles.